The van der Waals surface area contributed by atoms with Crippen LogP contribution in [0.25, 0.3) is 0 Å². The maximum atomic E-state index is 9.60. The normalized spacial score (nSPS) is 9.00. The van der Waals surface area contributed by atoms with Gasteiger partial charge in [0.05, 0.1) is 0 Å². The van der Waals surface area contributed by atoms with Crippen LogP contribution in [0.2, 0.25) is 0 Å². The van der Waals surface area contributed by atoms with Crippen molar-refractivity contribution in [3.63, 3.8) is 0 Å². The first kappa shape index (κ1) is 12.8. The molecule has 0 aliphatic carbocycles. The zero-order valence-electron chi connectivity index (χ0n) is 7.63. The van der Waals surface area contributed by atoms with E-state index in [1.54, 1.807) is 0 Å². The summed E-state index contributed by atoms with van der Waals surface area (Å²) in [6.07, 6.45) is 6.37. The van der Waals surface area contributed by atoms with Gasteiger partial charge < -0.3 is 5.11 Å². The third-order valence-electron chi connectivity index (χ3n) is 0.935. The molecule has 0 spiro atoms. The molecule has 0 fully saturated rings. The van der Waals surface area contributed by atoms with Gasteiger partial charge in [0, 0.05) is 6.42 Å². The molecule has 0 saturated heterocycles. The predicted octanol–water partition coefficient (Wildman–Crippen LogP) is 2.84. The van der Waals surface area contributed by atoms with Gasteiger partial charge in [-0.3, -0.25) is 4.79 Å². The Morgan fingerprint density at radius 1 is 1.45 bits per heavy atom. The van der Waals surface area contributed by atoms with Gasteiger partial charge in [0.1, 0.15) is 0 Å². The minimum absolute atomic E-state index is 0.292. The highest BCUT2D eigenvalue weighted by Gasteiger charge is 1.87. The number of hydrogen-bond acceptors (Lipinski definition) is 1. The zero-order chi connectivity index (χ0) is 9.11. The minimum Gasteiger partial charge on any atom is -0.481 e. The second-order valence-corrected chi connectivity index (χ2v) is 2.12. The molecule has 0 unspecified atom stereocenters. The van der Waals surface area contributed by atoms with Gasteiger partial charge in [-0.25, -0.2) is 0 Å². The van der Waals surface area contributed by atoms with Gasteiger partial charge in [-0.1, -0.05) is 26.0 Å². The van der Waals surface area contributed by atoms with Gasteiger partial charge in [0.2, 0.25) is 0 Å². The van der Waals surface area contributed by atoms with Crippen LogP contribution in [-0.2, 0) is 4.79 Å². The molecule has 0 heterocycles. The molecule has 0 aromatic rings. The summed E-state index contributed by atoms with van der Waals surface area (Å²) in [5, 5.41) is 7.91. The largest absolute Gasteiger partial charge is 0.481 e. The summed E-state index contributed by atoms with van der Waals surface area (Å²) in [7, 11) is 0. The average molecular weight is 158 g/mol. The molecule has 0 atom stereocenters. The number of carbonyl (C=O) groups is 1. The molecule has 0 aliphatic rings. The van der Waals surface area contributed by atoms with E-state index < -0.39 is 5.97 Å². The van der Waals surface area contributed by atoms with E-state index in [0.29, 0.717) is 6.42 Å². The van der Waals surface area contributed by atoms with E-state index in [0.717, 1.165) is 12.8 Å². The lowest BCUT2D eigenvalue weighted by atomic mass is 10.4. The van der Waals surface area contributed by atoms with Gasteiger partial charge in [-0.05, 0) is 19.8 Å². The number of hydrogen-bond donors (Lipinski definition) is 1. The Morgan fingerprint density at radius 3 is 2.00 bits per heavy atom. The van der Waals surface area contributed by atoms with Crippen LogP contribution in [0.1, 0.15) is 40.0 Å². The van der Waals surface area contributed by atoms with Gasteiger partial charge in [-0.2, -0.15) is 0 Å². The summed E-state index contributed by atoms with van der Waals surface area (Å²) < 4.78 is 0. The lowest BCUT2D eigenvalue weighted by molar-refractivity contribution is -0.137. The molecule has 0 bridgehead atoms. The van der Waals surface area contributed by atoms with Gasteiger partial charge >= 0.3 is 5.97 Å². The Balaban J connectivity index is 0. The van der Waals surface area contributed by atoms with Crippen molar-refractivity contribution in [2.45, 2.75) is 40.0 Å². The third kappa shape index (κ3) is 27.0. The van der Waals surface area contributed by atoms with E-state index >= 15 is 0 Å². The van der Waals surface area contributed by atoms with Crippen molar-refractivity contribution in [1.82, 2.24) is 0 Å². The van der Waals surface area contributed by atoms with Crippen LogP contribution < -0.4 is 0 Å². The van der Waals surface area contributed by atoms with Crippen LogP contribution in [0.3, 0.4) is 0 Å². The number of aliphatic carboxylic acids is 1. The molecule has 0 saturated carbocycles. The molecule has 0 rings (SSSR count). The fourth-order valence-corrected chi connectivity index (χ4v) is 0.450. The minimum atomic E-state index is -0.711. The molecule has 11 heavy (non-hydrogen) atoms. The van der Waals surface area contributed by atoms with Crippen molar-refractivity contribution >= 4 is 5.97 Å². The van der Waals surface area contributed by atoms with Crippen molar-refractivity contribution in [1.29, 1.82) is 0 Å². The predicted molar refractivity (Wildman–Crippen MR) is 47.6 cm³/mol. The molecule has 0 aromatic heterocycles. The molecule has 2 heteroatoms. The number of carboxylic acid groups (broad SMARTS) is 1. The van der Waals surface area contributed by atoms with Crippen LogP contribution in [0, 0.1) is 0 Å². The van der Waals surface area contributed by atoms with Gasteiger partial charge in [0.15, 0.2) is 0 Å². The molecule has 0 amide bonds. The molecule has 1 N–H and O–H groups in total. The highest BCUT2D eigenvalue weighted by Crippen LogP contribution is 1.82. The Morgan fingerprint density at radius 2 is 2.00 bits per heavy atom. The molecular formula is C9H18O2. The van der Waals surface area contributed by atoms with Crippen LogP contribution in [0.5, 0.6) is 0 Å². The molecular weight excluding hydrogens is 140 g/mol. The van der Waals surface area contributed by atoms with Gasteiger partial charge in [0.25, 0.3) is 0 Å². The lowest BCUT2D eigenvalue weighted by Crippen LogP contribution is -1.90. The average Bonchev–Trinajstić information content (AvgIpc) is 1.90. The number of allylic oxidation sites excluding steroid dienone is 2. The number of rotatable bonds is 3. The van der Waals surface area contributed by atoms with Crippen molar-refractivity contribution in [3.8, 4) is 0 Å². The topological polar surface area (TPSA) is 37.3 Å². The maximum Gasteiger partial charge on any atom is 0.303 e. The van der Waals surface area contributed by atoms with Crippen LogP contribution in [0.4, 0.5) is 0 Å². The van der Waals surface area contributed by atoms with E-state index in [9.17, 15) is 4.79 Å². The lowest BCUT2D eigenvalue weighted by Gasteiger charge is -1.79. The van der Waals surface area contributed by atoms with Gasteiger partial charge in [-0.15, -0.1) is 0 Å². The van der Waals surface area contributed by atoms with Crippen LogP contribution >= 0.6 is 0 Å². The van der Waals surface area contributed by atoms with Crippen molar-refractivity contribution < 1.29 is 9.90 Å². The van der Waals surface area contributed by atoms with E-state index in [-0.39, 0.29) is 0 Å². The Bertz CT molecular complexity index is 106. The monoisotopic (exact) mass is 158 g/mol. The summed E-state index contributed by atoms with van der Waals surface area (Å²) >= 11 is 0. The Hall–Kier alpha value is -0.790. The SMILES string of the molecule is CC=CCC.CCCC(=O)O. The van der Waals surface area contributed by atoms with Crippen molar-refractivity contribution in [3.05, 3.63) is 12.2 Å². The van der Waals surface area contributed by atoms with E-state index in [2.05, 4.69) is 19.1 Å². The summed E-state index contributed by atoms with van der Waals surface area (Å²) in [6, 6.07) is 0. The first-order valence-electron chi connectivity index (χ1n) is 4.01. The molecule has 66 valence electrons. The first-order valence-corrected chi connectivity index (χ1v) is 4.01. The van der Waals surface area contributed by atoms with Crippen LogP contribution in [0.15, 0.2) is 12.2 Å². The standard InChI is InChI=1S/C5H10.C4H8O2/c1-3-5-4-2;1-2-3-4(5)6/h3,5H,4H2,1-2H3;2-3H2,1H3,(H,5,6). The second-order valence-electron chi connectivity index (χ2n) is 2.12. The van der Waals surface area contributed by atoms with Crippen molar-refractivity contribution in [2.75, 3.05) is 0 Å². The quantitative estimate of drug-likeness (QED) is 0.641. The molecule has 2 nitrogen and oxygen atoms in total. The Labute approximate surface area is 68.9 Å². The van der Waals surface area contributed by atoms with E-state index in [1.807, 2.05) is 13.8 Å². The van der Waals surface area contributed by atoms with Crippen molar-refractivity contribution in [2.24, 2.45) is 0 Å². The Kier molecular flexibility index (Phi) is 13.9. The molecule has 0 aliphatic heterocycles. The number of carboxylic acids is 1. The molecule has 0 radical (unpaired) electrons. The third-order valence-corrected chi connectivity index (χ3v) is 0.935. The van der Waals surface area contributed by atoms with E-state index in [4.69, 9.17) is 5.11 Å². The second kappa shape index (κ2) is 11.9. The fraction of sp³-hybridized carbons (Fsp3) is 0.667. The highest BCUT2D eigenvalue weighted by atomic mass is 16.4. The van der Waals surface area contributed by atoms with Crippen LogP contribution in [-0.4, -0.2) is 11.1 Å². The first-order chi connectivity index (χ1) is 5.18. The summed E-state index contributed by atoms with van der Waals surface area (Å²) in [4.78, 5) is 9.60. The summed E-state index contributed by atoms with van der Waals surface area (Å²) in [5.74, 6) is -0.711. The smallest absolute Gasteiger partial charge is 0.303 e. The fourth-order valence-electron chi connectivity index (χ4n) is 0.450. The maximum absolute atomic E-state index is 9.60. The van der Waals surface area contributed by atoms with E-state index in [1.165, 1.54) is 0 Å². The summed E-state index contributed by atoms with van der Waals surface area (Å²) in [5.41, 5.74) is 0. The highest BCUT2D eigenvalue weighted by molar-refractivity contribution is 5.66. The summed E-state index contributed by atoms with van der Waals surface area (Å²) in [6.45, 7) is 6.00. The zero-order valence-corrected chi connectivity index (χ0v) is 7.63. The molecule has 0 aromatic carbocycles.